The summed E-state index contributed by atoms with van der Waals surface area (Å²) in [6.07, 6.45) is 6.14. The lowest BCUT2D eigenvalue weighted by atomic mass is 10.0. The molecule has 0 N–H and O–H groups in total. The van der Waals surface area contributed by atoms with E-state index in [1.54, 1.807) is 25.3 Å². The van der Waals surface area contributed by atoms with E-state index >= 15 is 0 Å². The first-order valence-electron chi connectivity index (χ1n) is 9.81. The van der Waals surface area contributed by atoms with Crippen LogP contribution in [-0.2, 0) is 22.4 Å². The van der Waals surface area contributed by atoms with Crippen LogP contribution in [0.5, 0.6) is 11.5 Å². The molecule has 2 aromatic rings. The topological polar surface area (TPSA) is 61.8 Å². The highest BCUT2D eigenvalue weighted by atomic mass is 16.5. The first-order chi connectivity index (χ1) is 14.0. The Kier molecular flexibility index (Phi) is 6.70. The van der Waals surface area contributed by atoms with Gasteiger partial charge in [0, 0.05) is 11.6 Å². The molecule has 0 aliphatic heterocycles. The van der Waals surface area contributed by atoms with E-state index < -0.39 is 5.97 Å². The average molecular weight is 394 g/mol. The second-order valence-corrected chi connectivity index (χ2v) is 7.28. The molecule has 0 fully saturated rings. The fourth-order valence-electron chi connectivity index (χ4n) is 3.32. The summed E-state index contributed by atoms with van der Waals surface area (Å²) in [4.78, 5) is 24.3. The molecule has 0 saturated heterocycles. The number of hydrogen-bond acceptors (Lipinski definition) is 5. The molecule has 1 aliphatic carbocycles. The smallest absolute Gasteiger partial charge is 0.331 e. The molecule has 0 aromatic heterocycles. The van der Waals surface area contributed by atoms with E-state index in [1.807, 2.05) is 38.1 Å². The van der Waals surface area contributed by atoms with Gasteiger partial charge >= 0.3 is 5.97 Å². The van der Waals surface area contributed by atoms with Crippen molar-refractivity contribution in [3.8, 4) is 11.5 Å². The lowest BCUT2D eigenvalue weighted by Gasteiger charge is -2.13. The number of fused-ring (bicyclic) bond motifs is 1. The second kappa shape index (κ2) is 9.41. The summed E-state index contributed by atoms with van der Waals surface area (Å²) in [7, 11) is 1.56. The minimum Gasteiger partial charge on any atom is -0.493 e. The number of methoxy groups -OCH3 is 1. The van der Waals surface area contributed by atoms with Crippen LogP contribution in [0, 0.1) is 0 Å². The van der Waals surface area contributed by atoms with Gasteiger partial charge in [-0.2, -0.15) is 0 Å². The van der Waals surface area contributed by atoms with E-state index in [2.05, 4.69) is 0 Å². The number of esters is 1. The summed E-state index contributed by atoms with van der Waals surface area (Å²) < 4.78 is 16.1. The molecule has 0 bridgehead atoms. The Labute approximate surface area is 171 Å². The van der Waals surface area contributed by atoms with Crippen molar-refractivity contribution in [2.24, 2.45) is 0 Å². The van der Waals surface area contributed by atoms with Crippen molar-refractivity contribution < 1.29 is 23.8 Å². The Morgan fingerprint density at radius 2 is 1.83 bits per heavy atom. The van der Waals surface area contributed by atoms with Gasteiger partial charge in [0.1, 0.15) is 0 Å². The van der Waals surface area contributed by atoms with E-state index in [4.69, 9.17) is 14.2 Å². The molecule has 0 unspecified atom stereocenters. The van der Waals surface area contributed by atoms with Crippen molar-refractivity contribution >= 4 is 17.8 Å². The maximum atomic E-state index is 12.3. The zero-order valence-corrected chi connectivity index (χ0v) is 17.1. The molecule has 0 saturated carbocycles. The van der Waals surface area contributed by atoms with E-state index in [-0.39, 0.29) is 18.5 Å². The third-order valence-corrected chi connectivity index (χ3v) is 4.73. The molecule has 1 aliphatic rings. The van der Waals surface area contributed by atoms with Crippen molar-refractivity contribution in [1.82, 2.24) is 0 Å². The van der Waals surface area contributed by atoms with Crippen LogP contribution in [0.3, 0.4) is 0 Å². The standard InChI is InChI=1S/C24H26O5/c1-16(2)29-22-11-7-17(13-23(22)27-3)8-12-24(26)28-15-21(25)20-10-9-18-5-4-6-19(18)14-20/h7-14,16H,4-6,15H2,1-3H3/b12-8+. The fourth-order valence-corrected chi connectivity index (χ4v) is 3.32. The van der Waals surface area contributed by atoms with Crippen molar-refractivity contribution in [2.45, 2.75) is 39.2 Å². The Hall–Kier alpha value is -3.08. The molecule has 0 atom stereocenters. The van der Waals surface area contributed by atoms with Crippen LogP contribution in [0.2, 0.25) is 0 Å². The first-order valence-corrected chi connectivity index (χ1v) is 9.81. The zero-order valence-electron chi connectivity index (χ0n) is 17.1. The highest BCUT2D eigenvalue weighted by molar-refractivity contribution is 5.99. The number of ether oxygens (including phenoxy) is 3. The van der Waals surface area contributed by atoms with Gasteiger partial charge in [-0.3, -0.25) is 4.79 Å². The van der Waals surface area contributed by atoms with Crippen LogP contribution in [0.1, 0.15) is 47.3 Å². The quantitative estimate of drug-likeness (QED) is 0.377. The van der Waals surface area contributed by atoms with Crippen molar-refractivity contribution in [3.63, 3.8) is 0 Å². The molecule has 0 amide bonds. The number of aryl methyl sites for hydroxylation is 2. The Morgan fingerprint density at radius 3 is 2.59 bits per heavy atom. The molecule has 152 valence electrons. The molecule has 0 radical (unpaired) electrons. The molecule has 3 rings (SSSR count). The average Bonchev–Trinajstić information content (AvgIpc) is 3.18. The van der Waals surface area contributed by atoms with Gasteiger partial charge in [-0.15, -0.1) is 0 Å². The van der Waals surface area contributed by atoms with Crippen molar-refractivity contribution in [2.75, 3.05) is 13.7 Å². The molecular formula is C24H26O5. The van der Waals surface area contributed by atoms with E-state index in [9.17, 15) is 9.59 Å². The summed E-state index contributed by atoms with van der Waals surface area (Å²) in [6.45, 7) is 3.60. The minimum atomic E-state index is -0.569. The molecule has 29 heavy (non-hydrogen) atoms. The lowest BCUT2D eigenvalue weighted by Crippen LogP contribution is -2.12. The maximum absolute atomic E-state index is 12.3. The van der Waals surface area contributed by atoms with Gasteiger partial charge in [-0.25, -0.2) is 4.79 Å². The first kappa shape index (κ1) is 20.6. The summed E-state index contributed by atoms with van der Waals surface area (Å²) in [5.41, 5.74) is 3.88. The van der Waals surface area contributed by atoms with Gasteiger partial charge in [0.25, 0.3) is 0 Å². The number of hydrogen-bond donors (Lipinski definition) is 0. The van der Waals surface area contributed by atoms with E-state index in [0.717, 1.165) is 24.8 Å². The monoisotopic (exact) mass is 394 g/mol. The largest absolute Gasteiger partial charge is 0.493 e. The van der Waals surface area contributed by atoms with Crippen molar-refractivity contribution in [1.29, 1.82) is 0 Å². The number of carbonyl (C=O) groups excluding carboxylic acids is 2. The number of rotatable bonds is 8. The van der Waals surface area contributed by atoms with Crippen LogP contribution in [0.4, 0.5) is 0 Å². The summed E-state index contributed by atoms with van der Waals surface area (Å²) in [6, 6.07) is 11.1. The minimum absolute atomic E-state index is 0.0310. The third-order valence-electron chi connectivity index (χ3n) is 4.73. The van der Waals surface area contributed by atoms with Gasteiger partial charge in [0.2, 0.25) is 0 Å². The van der Waals surface area contributed by atoms with Crippen LogP contribution in [0.25, 0.3) is 6.08 Å². The highest BCUT2D eigenvalue weighted by Crippen LogP contribution is 2.29. The summed E-state index contributed by atoms with van der Waals surface area (Å²) in [5.74, 6) is 0.461. The predicted molar refractivity (Wildman–Crippen MR) is 112 cm³/mol. The fraction of sp³-hybridized carbons (Fsp3) is 0.333. The zero-order chi connectivity index (χ0) is 20.8. The van der Waals surface area contributed by atoms with Gasteiger partial charge in [-0.05, 0) is 74.1 Å². The van der Waals surface area contributed by atoms with Gasteiger partial charge in [-0.1, -0.05) is 18.2 Å². The summed E-state index contributed by atoms with van der Waals surface area (Å²) >= 11 is 0. The van der Waals surface area contributed by atoms with Crippen LogP contribution >= 0.6 is 0 Å². The molecule has 2 aromatic carbocycles. The molecular weight excluding hydrogens is 368 g/mol. The second-order valence-electron chi connectivity index (χ2n) is 7.28. The molecule has 0 spiro atoms. The molecule has 5 heteroatoms. The van der Waals surface area contributed by atoms with Crippen LogP contribution < -0.4 is 9.47 Å². The Morgan fingerprint density at radius 1 is 1.03 bits per heavy atom. The van der Waals surface area contributed by atoms with Gasteiger partial charge < -0.3 is 14.2 Å². The Bertz CT molecular complexity index is 927. The normalized spacial score (nSPS) is 12.8. The van der Waals surface area contributed by atoms with E-state index in [1.165, 1.54) is 17.2 Å². The lowest BCUT2D eigenvalue weighted by molar-refractivity contribution is -0.136. The van der Waals surface area contributed by atoms with Crippen LogP contribution in [-0.4, -0.2) is 31.6 Å². The van der Waals surface area contributed by atoms with Gasteiger partial charge in [0.05, 0.1) is 13.2 Å². The maximum Gasteiger partial charge on any atom is 0.331 e. The number of carbonyl (C=O) groups is 2. The van der Waals surface area contributed by atoms with Crippen molar-refractivity contribution in [3.05, 3.63) is 64.7 Å². The summed E-state index contributed by atoms with van der Waals surface area (Å²) in [5, 5.41) is 0. The highest BCUT2D eigenvalue weighted by Gasteiger charge is 2.15. The number of benzene rings is 2. The number of Topliss-reactive ketones (excluding diaryl/α,β-unsaturated/α-hetero) is 1. The Balaban J connectivity index is 1.56. The van der Waals surface area contributed by atoms with E-state index in [0.29, 0.717) is 17.1 Å². The van der Waals surface area contributed by atoms with Gasteiger partial charge in [0.15, 0.2) is 23.9 Å². The van der Waals surface area contributed by atoms with Crippen LogP contribution in [0.15, 0.2) is 42.5 Å². The molecule has 0 heterocycles. The third kappa shape index (κ3) is 5.47. The SMILES string of the molecule is COc1cc(/C=C/C(=O)OCC(=O)c2ccc3c(c2)CCC3)ccc1OC(C)C. The number of ketones is 1. The predicted octanol–water partition coefficient (Wildman–Crippen LogP) is 4.41. The molecule has 5 nitrogen and oxygen atoms in total.